The summed E-state index contributed by atoms with van der Waals surface area (Å²) in [7, 11) is 0. The lowest BCUT2D eigenvalue weighted by molar-refractivity contribution is 0.0342. The van der Waals surface area contributed by atoms with Crippen LogP contribution in [0.4, 0.5) is 16.2 Å². The number of anilines is 2. The van der Waals surface area contributed by atoms with Crippen LogP contribution < -0.4 is 16.0 Å². The second-order valence-electron chi connectivity index (χ2n) is 9.07. The number of nitrogens with one attached hydrogen (secondary N) is 3. The van der Waals surface area contributed by atoms with Crippen LogP contribution in [0.2, 0.25) is 0 Å². The Morgan fingerprint density at radius 3 is 2.70 bits per heavy atom. The highest BCUT2D eigenvalue weighted by atomic mass is 16.5. The van der Waals surface area contributed by atoms with Gasteiger partial charge in [0, 0.05) is 43.8 Å². The average Bonchev–Trinajstić information content (AvgIpc) is 3.34. The molecule has 5 rings (SSSR count). The van der Waals surface area contributed by atoms with Crippen molar-refractivity contribution in [2.45, 2.75) is 20.0 Å². The van der Waals surface area contributed by atoms with Crippen molar-refractivity contribution in [3.05, 3.63) is 95.4 Å². The Bertz CT molecular complexity index is 1410. The molecule has 37 heavy (non-hydrogen) atoms. The van der Waals surface area contributed by atoms with E-state index in [9.17, 15) is 9.59 Å². The summed E-state index contributed by atoms with van der Waals surface area (Å²) in [6, 6.07) is 18.9. The van der Waals surface area contributed by atoms with Gasteiger partial charge in [-0.1, -0.05) is 30.3 Å². The Hall–Kier alpha value is -4.21. The zero-order valence-electron chi connectivity index (χ0n) is 20.7. The van der Waals surface area contributed by atoms with Gasteiger partial charge in [0.1, 0.15) is 11.3 Å². The highest BCUT2D eigenvalue weighted by Gasteiger charge is 2.14. The number of ether oxygens (including phenoxy) is 1. The molecule has 1 saturated heterocycles. The van der Waals surface area contributed by atoms with E-state index in [2.05, 4.69) is 31.9 Å². The van der Waals surface area contributed by atoms with Gasteiger partial charge in [0.25, 0.3) is 5.91 Å². The maximum absolute atomic E-state index is 12.9. The molecule has 0 bridgehead atoms. The SMILES string of the molecule is Cc1ccc(CNC(=O)Nc2cccc(CN3CCOCC3)c2)cc1NC(=O)c1cnc2ccccn12. The summed E-state index contributed by atoms with van der Waals surface area (Å²) in [6.07, 6.45) is 3.37. The minimum Gasteiger partial charge on any atom is -0.379 e. The highest BCUT2D eigenvalue weighted by Crippen LogP contribution is 2.19. The van der Waals surface area contributed by atoms with Crippen LogP contribution in [0.5, 0.6) is 0 Å². The molecule has 1 aliphatic heterocycles. The van der Waals surface area contributed by atoms with Gasteiger partial charge in [0.05, 0.1) is 19.4 Å². The Labute approximate surface area is 215 Å². The molecule has 0 saturated carbocycles. The van der Waals surface area contributed by atoms with Crippen molar-refractivity contribution >= 4 is 29.0 Å². The predicted molar refractivity (Wildman–Crippen MR) is 143 cm³/mol. The molecule has 4 aromatic rings. The number of aromatic nitrogens is 2. The minimum atomic E-state index is -0.291. The van der Waals surface area contributed by atoms with Gasteiger partial charge in [-0.05, 0) is 53.9 Å². The molecular weight excluding hydrogens is 468 g/mol. The molecule has 1 aliphatic rings. The predicted octanol–water partition coefficient (Wildman–Crippen LogP) is 4.05. The topological polar surface area (TPSA) is 100 Å². The fraction of sp³-hybridized carbons (Fsp3) is 0.250. The second kappa shape index (κ2) is 11.2. The molecule has 0 radical (unpaired) electrons. The molecule has 9 nitrogen and oxygen atoms in total. The lowest BCUT2D eigenvalue weighted by atomic mass is 10.1. The Balaban J connectivity index is 1.17. The minimum absolute atomic E-state index is 0.249. The van der Waals surface area contributed by atoms with Gasteiger partial charge in [0.15, 0.2) is 0 Å². The van der Waals surface area contributed by atoms with Crippen molar-refractivity contribution in [2.75, 3.05) is 36.9 Å². The van der Waals surface area contributed by atoms with Crippen molar-refractivity contribution in [1.29, 1.82) is 0 Å². The average molecular weight is 499 g/mol. The normalized spacial score (nSPS) is 13.9. The Morgan fingerprint density at radius 1 is 0.973 bits per heavy atom. The summed E-state index contributed by atoms with van der Waals surface area (Å²) in [5.74, 6) is -0.249. The number of amides is 3. The number of benzene rings is 2. The fourth-order valence-electron chi connectivity index (χ4n) is 4.32. The van der Waals surface area contributed by atoms with Gasteiger partial charge >= 0.3 is 6.03 Å². The number of morpholine rings is 1. The van der Waals surface area contributed by atoms with E-state index in [-0.39, 0.29) is 11.9 Å². The van der Waals surface area contributed by atoms with Crippen LogP contribution >= 0.6 is 0 Å². The van der Waals surface area contributed by atoms with Crippen molar-refractivity contribution < 1.29 is 14.3 Å². The van der Waals surface area contributed by atoms with E-state index in [1.165, 1.54) is 0 Å². The van der Waals surface area contributed by atoms with Gasteiger partial charge < -0.3 is 20.7 Å². The molecule has 2 aromatic heterocycles. The van der Waals surface area contributed by atoms with Crippen LogP contribution in [0.15, 0.2) is 73.1 Å². The molecule has 9 heteroatoms. The number of nitrogens with zero attached hydrogens (tertiary/aromatic N) is 3. The van der Waals surface area contributed by atoms with Gasteiger partial charge in [-0.2, -0.15) is 0 Å². The van der Waals surface area contributed by atoms with Crippen molar-refractivity contribution in [3.8, 4) is 0 Å². The molecule has 3 amide bonds. The number of urea groups is 1. The molecule has 0 unspecified atom stereocenters. The molecule has 190 valence electrons. The van der Waals surface area contributed by atoms with E-state index in [1.807, 2.05) is 61.5 Å². The zero-order valence-corrected chi connectivity index (χ0v) is 20.7. The van der Waals surface area contributed by atoms with E-state index < -0.39 is 0 Å². The first-order valence-corrected chi connectivity index (χ1v) is 12.3. The van der Waals surface area contributed by atoms with E-state index in [0.717, 1.165) is 55.2 Å². The van der Waals surface area contributed by atoms with Crippen molar-refractivity contribution in [3.63, 3.8) is 0 Å². The molecule has 0 spiro atoms. The van der Waals surface area contributed by atoms with E-state index in [4.69, 9.17) is 4.74 Å². The number of carbonyl (C=O) groups excluding carboxylic acids is 2. The summed E-state index contributed by atoms with van der Waals surface area (Å²) in [6.45, 7) is 6.41. The quantitative estimate of drug-likeness (QED) is 0.357. The molecule has 0 atom stereocenters. The number of fused-ring (bicyclic) bond motifs is 1. The highest BCUT2D eigenvalue weighted by molar-refractivity contribution is 6.04. The molecule has 3 heterocycles. The summed E-state index contributed by atoms with van der Waals surface area (Å²) < 4.78 is 7.16. The van der Waals surface area contributed by atoms with Crippen LogP contribution in [0.3, 0.4) is 0 Å². The standard InChI is InChI=1S/C28H30N6O3/c1-20-8-9-21(16-24(20)32-27(35)25-18-29-26-7-2-3-10-34(25)26)17-30-28(36)31-23-6-4-5-22(15-23)19-33-11-13-37-14-12-33/h2-10,15-16,18H,11-14,17,19H2,1H3,(H,32,35)(H2,30,31,36). The third-order valence-electron chi connectivity index (χ3n) is 6.35. The van der Waals surface area contributed by atoms with Crippen molar-refractivity contribution in [1.82, 2.24) is 19.6 Å². The summed E-state index contributed by atoms with van der Waals surface area (Å²) in [5, 5.41) is 8.78. The zero-order chi connectivity index (χ0) is 25.6. The first-order chi connectivity index (χ1) is 18.0. The molecule has 1 fully saturated rings. The number of hydrogen-bond donors (Lipinski definition) is 3. The number of aryl methyl sites for hydroxylation is 1. The largest absolute Gasteiger partial charge is 0.379 e. The van der Waals surface area contributed by atoms with Crippen LogP contribution in [-0.4, -0.2) is 52.5 Å². The van der Waals surface area contributed by atoms with Crippen LogP contribution in [0, 0.1) is 6.92 Å². The number of carbonyl (C=O) groups is 2. The van der Waals surface area contributed by atoms with Crippen LogP contribution in [0.25, 0.3) is 5.65 Å². The van der Waals surface area contributed by atoms with Gasteiger partial charge in [-0.25, -0.2) is 9.78 Å². The number of pyridine rings is 1. The number of imidazole rings is 1. The smallest absolute Gasteiger partial charge is 0.319 e. The number of rotatable bonds is 7. The van der Waals surface area contributed by atoms with Gasteiger partial charge in [-0.3, -0.25) is 14.1 Å². The van der Waals surface area contributed by atoms with Crippen LogP contribution in [0.1, 0.15) is 27.2 Å². The van der Waals surface area contributed by atoms with Gasteiger partial charge in [0.2, 0.25) is 0 Å². The number of hydrogen-bond acceptors (Lipinski definition) is 5. The van der Waals surface area contributed by atoms with E-state index in [1.54, 1.807) is 16.8 Å². The summed E-state index contributed by atoms with van der Waals surface area (Å²) in [4.78, 5) is 32.1. The van der Waals surface area contributed by atoms with Crippen molar-refractivity contribution in [2.24, 2.45) is 0 Å². The third-order valence-corrected chi connectivity index (χ3v) is 6.35. The maximum Gasteiger partial charge on any atom is 0.319 e. The molecule has 3 N–H and O–H groups in total. The van der Waals surface area contributed by atoms with E-state index >= 15 is 0 Å². The van der Waals surface area contributed by atoms with E-state index in [0.29, 0.717) is 23.6 Å². The fourth-order valence-corrected chi connectivity index (χ4v) is 4.32. The monoisotopic (exact) mass is 498 g/mol. The molecular formula is C28H30N6O3. The lowest BCUT2D eigenvalue weighted by Crippen LogP contribution is -2.35. The molecule has 2 aromatic carbocycles. The Morgan fingerprint density at radius 2 is 1.84 bits per heavy atom. The first-order valence-electron chi connectivity index (χ1n) is 12.3. The summed E-state index contributed by atoms with van der Waals surface area (Å²) in [5.41, 5.74) is 5.53. The second-order valence-corrected chi connectivity index (χ2v) is 9.07. The third kappa shape index (κ3) is 6.14. The molecule has 0 aliphatic carbocycles. The summed E-state index contributed by atoms with van der Waals surface area (Å²) >= 11 is 0. The lowest BCUT2D eigenvalue weighted by Gasteiger charge is -2.26. The van der Waals surface area contributed by atoms with Crippen LogP contribution in [-0.2, 0) is 17.8 Å². The van der Waals surface area contributed by atoms with Gasteiger partial charge in [-0.15, -0.1) is 0 Å². The maximum atomic E-state index is 12.9. The first kappa shape index (κ1) is 24.5. The Kier molecular flexibility index (Phi) is 7.43.